The highest BCUT2D eigenvalue weighted by Crippen LogP contribution is 2.47. The van der Waals surface area contributed by atoms with E-state index < -0.39 is 0 Å². The summed E-state index contributed by atoms with van der Waals surface area (Å²) in [6.07, 6.45) is 0. The van der Waals surface area contributed by atoms with Gasteiger partial charge in [0.1, 0.15) is 22.3 Å². The van der Waals surface area contributed by atoms with Crippen molar-refractivity contribution in [2.24, 2.45) is 0 Å². The van der Waals surface area contributed by atoms with Gasteiger partial charge in [0.05, 0.1) is 59.5 Å². The molecular weight excluding hydrogens is 1590 g/mol. The summed E-state index contributed by atoms with van der Waals surface area (Å²) in [6.45, 7) is 0. The maximum atomic E-state index is 6.93. The standard InChI is InChI=1S/C110H62N12O2S2/c1-5-22-63(23-6-1)71-48-53-78-76-30-13-17-36-87(76)121(89(78)60-71)109-117-103(69-28-11-4-12-29-69)115-106(119-109)73-51-56-91-85(58-73)80-55-50-75(62-93(80)123-91)105-111-97(102-98(113-105)82-32-15-19-38-94(82)126-102)68-44-40-65(41-45-68)66-42-46-70(47-43-66)104-116-107(120-110(118-104)122-88-37-18-14-31-77(88)79-54-49-72(61-90(79)122)64-24-7-2-8-25-64)74-52-57-92-86(59-74)81-34-21-35-84(100(81)124-92)108-112-96(67-26-9-3-10-27-67)101-99(114-108)83-33-16-20-39-95(83)125-101/h1-62H. The molecule has 0 amide bonds. The molecule has 0 N–H and O–H groups in total. The fourth-order valence-corrected chi connectivity index (χ4v) is 20.6. The van der Waals surface area contributed by atoms with Crippen molar-refractivity contribution in [2.75, 3.05) is 0 Å². The summed E-state index contributed by atoms with van der Waals surface area (Å²) in [4.78, 5) is 53.8. The van der Waals surface area contributed by atoms with Crippen molar-refractivity contribution in [1.82, 2.24) is 59.0 Å². The van der Waals surface area contributed by atoms with Crippen molar-refractivity contribution < 1.29 is 8.83 Å². The quantitative estimate of drug-likeness (QED) is 0.107. The largest absolute Gasteiger partial charge is 0.456 e. The first-order chi connectivity index (χ1) is 62.4. The Labute approximate surface area is 725 Å². The van der Waals surface area contributed by atoms with Gasteiger partial charge in [-0.25, -0.2) is 29.9 Å². The summed E-state index contributed by atoms with van der Waals surface area (Å²) < 4.78 is 22.4. The number of benzene rings is 16. The van der Waals surface area contributed by atoms with E-state index in [1.807, 2.05) is 72.8 Å². The van der Waals surface area contributed by atoms with Crippen LogP contribution in [0, 0.1) is 0 Å². The number of para-hydroxylation sites is 3. The van der Waals surface area contributed by atoms with Gasteiger partial charge in [-0.3, -0.25) is 9.13 Å². The van der Waals surface area contributed by atoms with Crippen LogP contribution in [0.15, 0.2) is 385 Å². The number of aromatic nitrogens is 12. The maximum Gasteiger partial charge on any atom is 0.238 e. The van der Waals surface area contributed by atoms with Crippen LogP contribution >= 0.6 is 22.7 Å². The Hall–Kier alpha value is -16.7. The molecule has 10 heterocycles. The molecule has 26 aromatic rings. The lowest BCUT2D eigenvalue weighted by atomic mass is 10.0. The number of furan rings is 2. The van der Waals surface area contributed by atoms with Gasteiger partial charge < -0.3 is 8.83 Å². The summed E-state index contributed by atoms with van der Waals surface area (Å²) in [5, 5.41) is 10.3. The minimum Gasteiger partial charge on any atom is -0.456 e. The van der Waals surface area contributed by atoms with E-state index in [4.69, 9.17) is 58.7 Å². The monoisotopic (exact) mass is 1650 g/mol. The lowest BCUT2D eigenvalue weighted by Gasteiger charge is -2.12. The number of nitrogens with zero attached hydrogens (tertiary/aromatic N) is 12. The Bertz CT molecular complexity index is 8970. The molecule has 14 nitrogen and oxygen atoms in total. The van der Waals surface area contributed by atoms with Crippen LogP contribution < -0.4 is 0 Å². The number of hydrogen-bond acceptors (Lipinski definition) is 14. The van der Waals surface area contributed by atoms with Crippen LogP contribution in [0.25, 0.3) is 264 Å². The average molecular weight is 1650 g/mol. The minimum atomic E-state index is 0.485. The summed E-state index contributed by atoms with van der Waals surface area (Å²) in [7, 11) is 0. The van der Waals surface area contributed by atoms with Crippen molar-refractivity contribution in [3.05, 3.63) is 376 Å². The molecule has 0 bridgehead atoms. The smallest absolute Gasteiger partial charge is 0.238 e. The second kappa shape index (κ2) is 28.5. The highest BCUT2D eigenvalue weighted by molar-refractivity contribution is 7.26. The lowest BCUT2D eigenvalue weighted by Crippen LogP contribution is -2.06. The second-order valence-electron chi connectivity index (χ2n) is 31.7. The van der Waals surface area contributed by atoms with Gasteiger partial charge in [0, 0.05) is 102 Å². The predicted molar refractivity (Wildman–Crippen MR) is 513 cm³/mol. The highest BCUT2D eigenvalue weighted by Gasteiger charge is 2.27. The Morgan fingerprint density at radius 3 is 1.10 bits per heavy atom. The van der Waals surface area contributed by atoms with Crippen molar-refractivity contribution >= 4 is 151 Å². The Balaban J connectivity index is 0.553. The molecule has 26 rings (SSSR count). The van der Waals surface area contributed by atoms with Gasteiger partial charge in [-0.2, -0.15) is 19.9 Å². The van der Waals surface area contributed by atoms with E-state index in [1.54, 1.807) is 22.7 Å². The van der Waals surface area contributed by atoms with E-state index in [0.29, 0.717) is 63.6 Å². The van der Waals surface area contributed by atoms with Crippen molar-refractivity contribution in [3.63, 3.8) is 0 Å². The number of fused-ring (bicyclic) bond motifs is 18. The summed E-state index contributed by atoms with van der Waals surface area (Å²) in [5.74, 6) is 4.30. The van der Waals surface area contributed by atoms with Gasteiger partial charge in [-0.05, 0) is 124 Å². The maximum absolute atomic E-state index is 6.93. The topological polar surface area (TPSA) is 165 Å². The van der Waals surface area contributed by atoms with Gasteiger partial charge in [0.2, 0.25) is 11.9 Å². The van der Waals surface area contributed by atoms with Crippen LogP contribution in [-0.2, 0) is 0 Å². The zero-order valence-electron chi connectivity index (χ0n) is 66.8. The number of rotatable bonds is 13. The lowest BCUT2D eigenvalue weighted by molar-refractivity contribution is 0.669. The molecule has 0 saturated carbocycles. The Morgan fingerprint density at radius 1 is 0.198 bits per heavy atom. The summed E-state index contributed by atoms with van der Waals surface area (Å²) in [6, 6.07) is 131. The molecule has 586 valence electrons. The summed E-state index contributed by atoms with van der Waals surface area (Å²) in [5.41, 5.74) is 23.7. The number of thiophene rings is 2. The molecule has 10 aromatic heterocycles. The molecule has 0 radical (unpaired) electrons. The van der Waals surface area contributed by atoms with Crippen molar-refractivity contribution in [1.29, 1.82) is 0 Å². The third-order valence-corrected chi connectivity index (χ3v) is 26.7. The molecular formula is C110H62N12O2S2. The van der Waals surface area contributed by atoms with Crippen LogP contribution in [0.1, 0.15) is 0 Å². The van der Waals surface area contributed by atoms with E-state index >= 15 is 0 Å². The SMILES string of the molecule is c1ccc(-c2ccc3c4ccccc4n(-c4nc(-c5ccccc5)nc(-c5ccc6oc7cc(-c8nc(-c9ccc(-c%10ccc(-c%11nc(-c%12ccc%13oc%14c(-c%15nc(-c%16ccccc%16)c%16sc%17ccccc%17c%16n%15)cccc%14c%13c%12)nc(-n%12c%13ccccc%13c%13ccc(-c%14ccccc%14)cc%13%12)n%11)cc%10)cc9)c9sc%10ccccc%10c9n8)ccc7c6c5)n4)c3c2)cc1. The zero-order chi connectivity index (χ0) is 82.6. The molecule has 0 atom stereocenters. The van der Waals surface area contributed by atoms with Crippen molar-refractivity contribution in [3.8, 4) is 136 Å². The zero-order valence-corrected chi connectivity index (χ0v) is 68.4. The first-order valence-corrected chi connectivity index (χ1v) is 43.4. The fraction of sp³-hybridized carbons (Fsp3) is 0. The predicted octanol–water partition coefficient (Wildman–Crippen LogP) is 28.7. The van der Waals surface area contributed by atoms with E-state index in [2.05, 4.69) is 312 Å². The fourth-order valence-electron chi connectivity index (χ4n) is 18.2. The Morgan fingerprint density at radius 2 is 0.556 bits per heavy atom. The summed E-state index contributed by atoms with van der Waals surface area (Å²) >= 11 is 3.43. The van der Waals surface area contributed by atoms with Crippen LogP contribution in [0.3, 0.4) is 0 Å². The van der Waals surface area contributed by atoms with Gasteiger partial charge in [0.25, 0.3) is 0 Å². The van der Waals surface area contributed by atoms with Crippen LogP contribution in [0.5, 0.6) is 0 Å². The first kappa shape index (κ1) is 71.1. The van der Waals surface area contributed by atoms with Crippen LogP contribution in [0.2, 0.25) is 0 Å². The van der Waals surface area contributed by atoms with E-state index in [9.17, 15) is 0 Å². The highest BCUT2D eigenvalue weighted by atomic mass is 32.1. The molecule has 0 aliphatic carbocycles. The van der Waals surface area contributed by atoms with Gasteiger partial charge >= 0.3 is 0 Å². The minimum absolute atomic E-state index is 0.485. The van der Waals surface area contributed by atoms with E-state index in [1.165, 1.54) is 0 Å². The normalized spacial score (nSPS) is 12.0. The second-order valence-corrected chi connectivity index (χ2v) is 33.8. The molecule has 0 aliphatic heterocycles. The van der Waals surface area contributed by atoms with E-state index in [-0.39, 0.29) is 0 Å². The van der Waals surface area contributed by atoms with Crippen molar-refractivity contribution in [2.45, 2.75) is 0 Å². The third kappa shape index (κ3) is 11.7. The van der Waals surface area contributed by atoms with Gasteiger partial charge in [-0.15, -0.1) is 22.7 Å². The Kier molecular flexibility index (Phi) is 16.1. The molecule has 0 aliphatic rings. The van der Waals surface area contributed by atoms with Crippen LogP contribution in [-0.4, -0.2) is 59.0 Å². The first-order valence-electron chi connectivity index (χ1n) is 41.7. The molecule has 16 aromatic carbocycles. The molecule has 16 heteroatoms. The van der Waals surface area contributed by atoms with Gasteiger partial charge in [-0.1, -0.05) is 285 Å². The molecule has 126 heavy (non-hydrogen) atoms. The third-order valence-electron chi connectivity index (χ3n) is 24.3. The van der Waals surface area contributed by atoms with E-state index in [0.717, 1.165) is 201 Å². The number of hydrogen-bond donors (Lipinski definition) is 0. The molecule has 0 spiro atoms. The van der Waals surface area contributed by atoms with Gasteiger partial charge in [0.15, 0.2) is 34.9 Å². The van der Waals surface area contributed by atoms with Crippen LogP contribution in [0.4, 0.5) is 0 Å². The average Bonchev–Trinajstić information content (AvgIpc) is 1.59. The molecule has 0 saturated heterocycles. The molecule has 0 fully saturated rings. The molecule has 0 unspecified atom stereocenters.